The van der Waals surface area contributed by atoms with Gasteiger partial charge in [-0.1, -0.05) is 135 Å². The van der Waals surface area contributed by atoms with E-state index in [0.717, 1.165) is 28.1 Å². The molecule has 0 aliphatic heterocycles. The molecule has 0 atom stereocenters. The van der Waals surface area contributed by atoms with Crippen molar-refractivity contribution in [1.82, 2.24) is 9.97 Å². The molecule has 8 rings (SSSR count). The Morgan fingerprint density at radius 1 is 0.647 bits per heavy atom. The molecule has 3 heterocycles. The largest absolute Gasteiger partial charge is 0.305 e. The quantitative estimate of drug-likeness (QED) is 0.123. The number of rotatable bonds is 6. The number of thiophene rings is 1. The van der Waals surface area contributed by atoms with Crippen LogP contribution in [0.5, 0.6) is 0 Å². The van der Waals surface area contributed by atoms with Gasteiger partial charge in [0.2, 0.25) is 0 Å². The van der Waals surface area contributed by atoms with E-state index in [9.17, 15) is 0 Å². The van der Waals surface area contributed by atoms with Crippen molar-refractivity contribution in [2.24, 2.45) is 0 Å². The molecule has 0 fully saturated rings. The molecule has 0 unspecified atom stereocenters. The molecule has 255 valence electrons. The molecule has 5 heteroatoms. The van der Waals surface area contributed by atoms with E-state index in [0.29, 0.717) is 0 Å². The van der Waals surface area contributed by atoms with Gasteiger partial charge < -0.3 is 9.97 Å². The van der Waals surface area contributed by atoms with Gasteiger partial charge in [-0.15, -0.1) is 59.2 Å². The first-order valence-electron chi connectivity index (χ1n) is 17.5. The molecular weight excluding hydrogens is 833 g/mol. The first-order valence-corrected chi connectivity index (χ1v) is 21.3. The summed E-state index contributed by atoms with van der Waals surface area (Å²) in [6.07, 6.45) is 3.83. The van der Waals surface area contributed by atoms with Gasteiger partial charge in [-0.05, 0) is 61.4 Å². The van der Waals surface area contributed by atoms with Crippen molar-refractivity contribution in [1.29, 1.82) is 0 Å². The van der Waals surface area contributed by atoms with Crippen LogP contribution in [0.15, 0.2) is 146 Å². The van der Waals surface area contributed by atoms with Gasteiger partial charge in [-0.2, -0.15) is 11.3 Å². The summed E-state index contributed by atoms with van der Waals surface area (Å²) in [6, 6.07) is 52.9. The molecule has 0 saturated carbocycles. The van der Waals surface area contributed by atoms with Gasteiger partial charge in [0.1, 0.15) is 0 Å². The molecule has 8 aromatic rings. The Bertz CT molecular complexity index is 2430. The van der Waals surface area contributed by atoms with Gasteiger partial charge in [-0.25, -0.2) is 0 Å². The third-order valence-corrected chi connectivity index (χ3v) is 12.2. The van der Waals surface area contributed by atoms with Crippen LogP contribution in [0.4, 0.5) is 0 Å². The summed E-state index contributed by atoms with van der Waals surface area (Å²) in [5.41, 5.74) is 9.75. The third kappa shape index (κ3) is 8.19. The molecule has 0 N–H and O–H groups in total. The molecule has 0 amide bonds. The number of benzene rings is 5. The number of nitrogens with zero attached hydrogens (tertiary/aromatic N) is 2. The number of hydrogen-bond acceptors (Lipinski definition) is 3. The van der Waals surface area contributed by atoms with Gasteiger partial charge in [0.05, 0.1) is 8.07 Å². The minimum absolute atomic E-state index is 0. The zero-order chi connectivity index (χ0) is 35.6. The van der Waals surface area contributed by atoms with E-state index in [2.05, 4.69) is 139 Å². The van der Waals surface area contributed by atoms with Gasteiger partial charge in [0.15, 0.2) is 0 Å². The second-order valence-electron chi connectivity index (χ2n) is 13.7. The van der Waals surface area contributed by atoms with Gasteiger partial charge in [-0.3, -0.25) is 0 Å². The van der Waals surface area contributed by atoms with Gasteiger partial charge in [0.25, 0.3) is 0 Å². The third-order valence-electron chi connectivity index (χ3n) is 8.95. The van der Waals surface area contributed by atoms with Crippen LogP contribution in [0, 0.1) is 12.1 Å². The number of pyridine rings is 2. The zero-order valence-electron chi connectivity index (χ0n) is 30.5. The normalized spacial score (nSPS) is 11.7. The maximum Gasteiger partial charge on any atom is 0.0795 e. The maximum atomic E-state index is 8.35. The Hall–Kier alpha value is -4.51. The predicted molar refractivity (Wildman–Crippen MR) is 218 cm³/mol. The van der Waals surface area contributed by atoms with Crippen LogP contribution in [-0.2, 0) is 20.1 Å². The summed E-state index contributed by atoms with van der Waals surface area (Å²) in [5.74, 6) is -0.656. The van der Waals surface area contributed by atoms with Crippen LogP contribution < -0.4 is 5.19 Å². The first kappa shape index (κ1) is 34.9. The predicted octanol–water partition coefficient (Wildman–Crippen LogP) is 12.5. The molecule has 5 aromatic carbocycles. The standard InChI is InChI=1S/C26H20NS.C20H20NSi.Ir/c1-17(2)19-13-14-27-24(15-19)23-10-6-9-22-21-12-11-20(16-25(21)28-26(22)23)18-7-4-3-5-8-18;1-22(2,3)19-12-13-20(21-15-19)18-11-7-10-17(14-18)16-8-5-4-6-9-16;/h3-9,11-17H,1-2H3;4-10,12-15H,1-3H3;/q2*-1;/i17D;;. The molecule has 0 aliphatic carbocycles. The average Bonchev–Trinajstić information content (AvgIpc) is 3.54. The van der Waals surface area contributed by atoms with E-state index < -0.39 is 14.0 Å². The van der Waals surface area contributed by atoms with Crippen LogP contribution in [0.1, 0.15) is 26.7 Å². The van der Waals surface area contributed by atoms with Crippen LogP contribution in [0.3, 0.4) is 0 Å². The van der Waals surface area contributed by atoms with E-state index in [1.54, 1.807) is 17.5 Å². The molecule has 0 saturated heterocycles. The molecular formula is C46H40IrN2SSi-2. The molecule has 2 nitrogen and oxygen atoms in total. The van der Waals surface area contributed by atoms with Crippen molar-refractivity contribution in [3.05, 3.63) is 164 Å². The zero-order valence-corrected chi connectivity index (χ0v) is 33.7. The van der Waals surface area contributed by atoms with Crippen molar-refractivity contribution in [3.63, 3.8) is 0 Å². The molecule has 1 radical (unpaired) electrons. The topological polar surface area (TPSA) is 25.8 Å². The van der Waals surface area contributed by atoms with E-state index in [-0.39, 0.29) is 20.1 Å². The summed E-state index contributed by atoms with van der Waals surface area (Å²) in [6.45, 7) is 10.8. The average molecular weight is 874 g/mol. The SMILES string of the molecule is C[Si](C)(C)c1ccc(-c2[c-]ccc(-c3ccccc3)c2)nc1.[2H]C(C)(C)c1ccnc(-c2[c-]ccc3c2sc2cc(-c4ccccc4)ccc23)c1.[Ir]. The smallest absolute Gasteiger partial charge is 0.0795 e. The Labute approximate surface area is 322 Å². The summed E-state index contributed by atoms with van der Waals surface area (Å²) in [5, 5.41) is 3.88. The Morgan fingerprint density at radius 3 is 1.98 bits per heavy atom. The fourth-order valence-electron chi connectivity index (χ4n) is 6.04. The van der Waals surface area contributed by atoms with Crippen molar-refractivity contribution >= 4 is 44.8 Å². The van der Waals surface area contributed by atoms with Crippen molar-refractivity contribution in [2.45, 2.75) is 39.4 Å². The summed E-state index contributed by atoms with van der Waals surface area (Å²) >= 11 is 1.79. The Kier molecular flexibility index (Phi) is 10.8. The monoisotopic (exact) mass is 874 g/mol. The van der Waals surface area contributed by atoms with E-state index >= 15 is 0 Å². The van der Waals surface area contributed by atoms with E-state index in [1.807, 2.05) is 56.4 Å². The number of hydrogen-bond donors (Lipinski definition) is 0. The molecule has 51 heavy (non-hydrogen) atoms. The van der Waals surface area contributed by atoms with Crippen molar-refractivity contribution in [3.8, 4) is 44.8 Å². The molecule has 3 aromatic heterocycles. The van der Waals surface area contributed by atoms with Gasteiger partial charge in [0, 0.05) is 38.6 Å². The van der Waals surface area contributed by atoms with Crippen LogP contribution in [0.2, 0.25) is 19.6 Å². The number of aromatic nitrogens is 2. The summed E-state index contributed by atoms with van der Waals surface area (Å²) < 4.78 is 10.8. The van der Waals surface area contributed by atoms with Crippen molar-refractivity contribution in [2.75, 3.05) is 0 Å². The molecule has 0 aliphatic rings. The Balaban J connectivity index is 0.000000182. The Morgan fingerprint density at radius 2 is 1.33 bits per heavy atom. The summed E-state index contributed by atoms with van der Waals surface area (Å²) in [4.78, 5) is 9.25. The molecule has 0 spiro atoms. The first-order chi connectivity index (χ1) is 24.5. The van der Waals surface area contributed by atoms with Crippen LogP contribution >= 0.6 is 11.3 Å². The minimum atomic E-state index is -1.29. The summed E-state index contributed by atoms with van der Waals surface area (Å²) in [7, 11) is -1.29. The van der Waals surface area contributed by atoms with Crippen LogP contribution in [-0.4, -0.2) is 18.0 Å². The van der Waals surface area contributed by atoms with E-state index in [1.165, 1.54) is 47.6 Å². The van der Waals surface area contributed by atoms with Gasteiger partial charge >= 0.3 is 0 Å². The van der Waals surface area contributed by atoms with E-state index in [4.69, 9.17) is 1.37 Å². The number of fused-ring (bicyclic) bond motifs is 3. The molecule has 0 bridgehead atoms. The maximum absolute atomic E-state index is 8.35. The fourth-order valence-corrected chi connectivity index (χ4v) is 8.32. The fraction of sp³-hybridized carbons (Fsp3) is 0.130. The van der Waals surface area contributed by atoms with Crippen LogP contribution in [0.25, 0.3) is 64.9 Å². The minimum Gasteiger partial charge on any atom is -0.305 e. The second-order valence-corrected chi connectivity index (χ2v) is 19.9. The van der Waals surface area contributed by atoms with Crippen molar-refractivity contribution < 1.29 is 21.5 Å². The second kappa shape index (κ2) is 15.8.